The third kappa shape index (κ3) is 4.57. The molecule has 192 valence electrons. The smallest absolute Gasteiger partial charge is 0.224 e. The molecule has 0 amide bonds. The lowest BCUT2D eigenvalue weighted by atomic mass is 9.97. The monoisotopic (exact) mass is 545 g/mol. The summed E-state index contributed by atoms with van der Waals surface area (Å²) in [5.41, 5.74) is 16.9. The molecular formula is C28H25Cl2N7O. The number of anilines is 3. The lowest BCUT2D eigenvalue weighted by Crippen LogP contribution is -2.37. The summed E-state index contributed by atoms with van der Waals surface area (Å²) in [6.07, 6.45) is 2.51. The van der Waals surface area contributed by atoms with Crippen molar-refractivity contribution < 1.29 is 4.74 Å². The minimum atomic E-state index is 0.0195. The van der Waals surface area contributed by atoms with E-state index in [4.69, 9.17) is 39.4 Å². The first-order chi connectivity index (χ1) is 18.5. The Balaban J connectivity index is 1.31. The number of rotatable bonds is 6. The molecule has 0 saturated heterocycles. The van der Waals surface area contributed by atoms with Gasteiger partial charge in [0.2, 0.25) is 5.95 Å². The van der Waals surface area contributed by atoms with Crippen LogP contribution in [0.5, 0.6) is 5.75 Å². The molecule has 3 aromatic carbocycles. The minimum Gasteiger partial charge on any atom is -0.488 e. The molecule has 0 bridgehead atoms. The zero-order valence-corrected chi connectivity index (χ0v) is 21.9. The van der Waals surface area contributed by atoms with E-state index in [9.17, 15) is 0 Å². The van der Waals surface area contributed by atoms with E-state index in [1.807, 2.05) is 41.1 Å². The number of fused-ring (bicyclic) bond motifs is 2. The molecule has 38 heavy (non-hydrogen) atoms. The highest BCUT2D eigenvalue weighted by molar-refractivity contribution is 6.35. The van der Waals surface area contributed by atoms with Crippen LogP contribution < -0.4 is 21.1 Å². The summed E-state index contributed by atoms with van der Waals surface area (Å²) < 4.78 is 8.15. The van der Waals surface area contributed by atoms with Crippen LogP contribution in [0.15, 0.2) is 72.9 Å². The largest absolute Gasteiger partial charge is 0.488 e. The maximum absolute atomic E-state index is 6.37. The van der Waals surface area contributed by atoms with Gasteiger partial charge >= 0.3 is 0 Å². The number of nitrogen functional groups attached to an aromatic ring is 2. The number of aromatic nitrogens is 4. The first-order valence-electron chi connectivity index (χ1n) is 12.2. The average Bonchev–Trinajstić information content (AvgIpc) is 3.33. The Kier molecular flexibility index (Phi) is 6.43. The molecule has 0 radical (unpaired) electrons. The predicted molar refractivity (Wildman–Crippen MR) is 152 cm³/mol. The van der Waals surface area contributed by atoms with E-state index < -0.39 is 0 Å². The molecule has 1 atom stereocenters. The summed E-state index contributed by atoms with van der Waals surface area (Å²) in [7, 11) is 0. The maximum Gasteiger partial charge on any atom is 0.224 e. The van der Waals surface area contributed by atoms with Gasteiger partial charge in [-0.15, -0.1) is 0 Å². The molecule has 1 aliphatic heterocycles. The Bertz CT molecular complexity index is 1620. The molecule has 1 aliphatic rings. The molecule has 6 rings (SSSR count). The minimum absolute atomic E-state index is 0.0195. The summed E-state index contributed by atoms with van der Waals surface area (Å²) in [5, 5.41) is 6.50. The molecule has 1 unspecified atom stereocenters. The normalized spacial score (nSPS) is 15.0. The fraction of sp³-hybridized carbons (Fsp3) is 0.179. The quantitative estimate of drug-likeness (QED) is 0.282. The van der Waals surface area contributed by atoms with Gasteiger partial charge in [0.05, 0.1) is 17.6 Å². The fourth-order valence-corrected chi connectivity index (χ4v) is 5.52. The summed E-state index contributed by atoms with van der Waals surface area (Å²) in [6.45, 7) is 1.62. The Morgan fingerprint density at radius 2 is 1.68 bits per heavy atom. The molecule has 0 fully saturated rings. The third-order valence-corrected chi connectivity index (χ3v) is 7.54. The fourth-order valence-electron chi connectivity index (χ4n) is 5.01. The molecule has 0 spiro atoms. The van der Waals surface area contributed by atoms with E-state index in [0.29, 0.717) is 40.0 Å². The lowest BCUT2D eigenvalue weighted by Gasteiger charge is -2.36. The summed E-state index contributed by atoms with van der Waals surface area (Å²) in [6, 6.07) is 21.9. The first-order valence-corrected chi connectivity index (χ1v) is 13.0. The van der Waals surface area contributed by atoms with Crippen molar-refractivity contribution in [3.8, 4) is 5.75 Å². The van der Waals surface area contributed by atoms with Gasteiger partial charge < -0.3 is 21.1 Å². The number of nitrogens with zero attached hydrogens (tertiary/aromatic N) is 5. The van der Waals surface area contributed by atoms with Gasteiger partial charge in [-0.25, -0.2) is 4.68 Å². The molecule has 0 aliphatic carbocycles. The van der Waals surface area contributed by atoms with Crippen molar-refractivity contribution in [2.24, 2.45) is 0 Å². The van der Waals surface area contributed by atoms with Crippen LogP contribution in [0.2, 0.25) is 10.0 Å². The van der Waals surface area contributed by atoms with Gasteiger partial charge in [-0.2, -0.15) is 15.1 Å². The van der Waals surface area contributed by atoms with Crippen LogP contribution in [0.1, 0.15) is 22.7 Å². The van der Waals surface area contributed by atoms with Crippen LogP contribution >= 0.6 is 23.2 Å². The van der Waals surface area contributed by atoms with Crippen LogP contribution in [-0.4, -0.2) is 26.3 Å². The Labute approximate surface area is 229 Å². The van der Waals surface area contributed by atoms with E-state index in [1.54, 1.807) is 6.20 Å². The van der Waals surface area contributed by atoms with Crippen molar-refractivity contribution in [3.05, 3.63) is 99.7 Å². The van der Waals surface area contributed by atoms with Crippen LogP contribution in [0.25, 0.3) is 11.0 Å². The maximum atomic E-state index is 6.37. The molecule has 8 nitrogen and oxygen atoms in total. The van der Waals surface area contributed by atoms with Crippen LogP contribution in [0.3, 0.4) is 0 Å². The van der Waals surface area contributed by atoms with Crippen molar-refractivity contribution >= 4 is 51.7 Å². The Hall–Kier alpha value is -4.01. The van der Waals surface area contributed by atoms with E-state index in [2.05, 4.69) is 50.3 Å². The van der Waals surface area contributed by atoms with E-state index in [1.165, 1.54) is 11.3 Å². The second-order valence-corrected chi connectivity index (χ2v) is 10.1. The number of para-hydroxylation sites is 2. The molecule has 0 saturated carbocycles. The van der Waals surface area contributed by atoms with Crippen LogP contribution in [-0.2, 0) is 19.6 Å². The number of halogens is 2. The van der Waals surface area contributed by atoms with Crippen molar-refractivity contribution in [1.82, 2.24) is 19.7 Å². The zero-order chi connectivity index (χ0) is 26.2. The molecule has 10 heteroatoms. The van der Waals surface area contributed by atoms with Crippen molar-refractivity contribution in [1.29, 1.82) is 0 Å². The van der Waals surface area contributed by atoms with E-state index in [0.717, 1.165) is 23.3 Å². The van der Waals surface area contributed by atoms with Gasteiger partial charge in [0, 0.05) is 39.9 Å². The second kappa shape index (κ2) is 10.0. The lowest BCUT2D eigenvalue weighted by molar-refractivity contribution is 0.302. The number of hydrogen-bond donors (Lipinski definition) is 2. The number of ether oxygens (including phenoxy) is 1. The van der Waals surface area contributed by atoms with E-state index >= 15 is 0 Å². The Morgan fingerprint density at radius 1 is 0.921 bits per heavy atom. The van der Waals surface area contributed by atoms with Crippen molar-refractivity contribution in [2.75, 3.05) is 22.9 Å². The first kappa shape index (κ1) is 24.3. The molecule has 4 N–H and O–H groups in total. The van der Waals surface area contributed by atoms with Crippen LogP contribution in [0, 0.1) is 0 Å². The SMILES string of the molecule is Nc1nc(N)c2cnn(C3Cc4ccccc4N(Cc4ccccc4OCc4c(Cl)cccc4Cl)C3)c2n1. The van der Waals surface area contributed by atoms with Crippen molar-refractivity contribution in [2.45, 2.75) is 25.6 Å². The zero-order valence-electron chi connectivity index (χ0n) is 20.4. The number of hydrogen-bond acceptors (Lipinski definition) is 7. The van der Waals surface area contributed by atoms with Gasteiger partial charge in [-0.3, -0.25) is 0 Å². The van der Waals surface area contributed by atoms with Gasteiger partial charge in [0.25, 0.3) is 0 Å². The van der Waals surface area contributed by atoms with Crippen molar-refractivity contribution in [3.63, 3.8) is 0 Å². The van der Waals surface area contributed by atoms with Gasteiger partial charge in [-0.1, -0.05) is 65.7 Å². The topological polar surface area (TPSA) is 108 Å². The molecule has 2 aromatic heterocycles. The third-order valence-electron chi connectivity index (χ3n) is 6.83. The van der Waals surface area contributed by atoms with Gasteiger partial charge in [0.15, 0.2) is 5.65 Å². The number of benzene rings is 3. The molecule has 5 aromatic rings. The predicted octanol–water partition coefficient (Wildman–Crippen LogP) is 5.68. The van der Waals surface area contributed by atoms with E-state index in [-0.39, 0.29) is 18.6 Å². The Morgan fingerprint density at radius 3 is 2.53 bits per heavy atom. The number of nitrogens with two attached hydrogens (primary N) is 2. The van der Waals surface area contributed by atoms with Gasteiger partial charge in [-0.05, 0) is 36.2 Å². The summed E-state index contributed by atoms with van der Waals surface area (Å²) >= 11 is 12.7. The highest BCUT2D eigenvalue weighted by Crippen LogP contribution is 2.36. The second-order valence-electron chi connectivity index (χ2n) is 9.26. The standard InChI is InChI=1S/C28H25Cl2N7O/c29-22-8-5-9-23(30)21(22)16-38-25-11-4-2-7-18(25)14-36-15-19(12-17-6-1-3-10-24(17)36)37-27-20(13-33-37)26(31)34-28(32)35-27/h1-11,13,19H,12,14-16H2,(H4,31,32,34,35). The highest BCUT2D eigenvalue weighted by atomic mass is 35.5. The van der Waals surface area contributed by atoms with Crippen LogP contribution in [0.4, 0.5) is 17.5 Å². The molecular weight excluding hydrogens is 521 g/mol. The summed E-state index contributed by atoms with van der Waals surface area (Å²) in [4.78, 5) is 10.9. The highest BCUT2D eigenvalue weighted by Gasteiger charge is 2.28. The molecule has 3 heterocycles. The van der Waals surface area contributed by atoms with Gasteiger partial charge in [0.1, 0.15) is 18.2 Å². The summed E-state index contributed by atoms with van der Waals surface area (Å²) in [5.74, 6) is 1.24. The average molecular weight is 546 g/mol.